The number of aryl methyl sites for hydroxylation is 1. The third kappa shape index (κ3) is 4.17. The molecule has 0 spiro atoms. The van der Waals surface area contributed by atoms with E-state index < -0.39 is 0 Å². The average molecular weight is 472 g/mol. The number of rotatable bonds is 5. The molecule has 166 valence electrons. The minimum Gasteiger partial charge on any atom is -0.335 e. The quantitative estimate of drug-likeness (QED) is 0.619. The largest absolute Gasteiger partial charge is 0.335 e. The summed E-state index contributed by atoms with van der Waals surface area (Å²) in [6.45, 7) is 4.49. The molecule has 2 aliphatic rings. The van der Waals surface area contributed by atoms with Crippen molar-refractivity contribution in [1.82, 2.24) is 25.1 Å². The van der Waals surface area contributed by atoms with Gasteiger partial charge in [-0.05, 0) is 37.6 Å². The van der Waals surface area contributed by atoms with E-state index in [-0.39, 0.29) is 29.7 Å². The standard InChI is InChI=1S/C22H22FN5O2S2/c1-13-18(32-19(25-13)14-2-4-15(23)5-3-14)21(29)28-11-17(12-28)26-16-6-8-27(10-16)22(30)20-24-7-9-31-20/h2-5,7,9,16-17,26H,6,8,10-12H2,1H3. The molecule has 2 aromatic heterocycles. The Morgan fingerprint density at radius 3 is 2.56 bits per heavy atom. The van der Waals surface area contributed by atoms with E-state index in [1.165, 1.54) is 34.8 Å². The second-order valence-corrected chi connectivity index (χ2v) is 9.98. The van der Waals surface area contributed by atoms with E-state index in [9.17, 15) is 14.0 Å². The van der Waals surface area contributed by atoms with Crippen LogP contribution in [0, 0.1) is 12.7 Å². The van der Waals surface area contributed by atoms with Crippen molar-refractivity contribution in [3.8, 4) is 10.6 Å². The van der Waals surface area contributed by atoms with E-state index >= 15 is 0 Å². The number of carbonyl (C=O) groups excluding carboxylic acids is 2. The molecule has 1 unspecified atom stereocenters. The molecule has 5 rings (SSSR count). The van der Waals surface area contributed by atoms with Crippen molar-refractivity contribution in [3.63, 3.8) is 0 Å². The lowest BCUT2D eigenvalue weighted by molar-refractivity contribution is 0.0556. The van der Waals surface area contributed by atoms with Crippen LogP contribution >= 0.6 is 22.7 Å². The Balaban J connectivity index is 1.14. The number of nitrogens with zero attached hydrogens (tertiary/aromatic N) is 4. The SMILES string of the molecule is Cc1nc(-c2ccc(F)cc2)sc1C(=O)N1CC(NC2CCN(C(=O)c3nccs3)C2)C1. The molecular formula is C22H22FN5O2S2. The lowest BCUT2D eigenvalue weighted by Gasteiger charge is -2.41. The van der Waals surface area contributed by atoms with Gasteiger partial charge in [0, 0.05) is 55.4 Å². The number of carbonyl (C=O) groups is 2. The smallest absolute Gasteiger partial charge is 0.282 e. The third-order valence-corrected chi connectivity index (χ3v) is 7.77. The molecular weight excluding hydrogens is 449 g/mol. The molecule has 2 saturated heterocycles. The number of hydrogen-bond donors (Lipinski definition) is 1. The topological polar surface area (TPSA) is 78.4 Å². The first kappa shape index (κ1) is 21.2. The van der Waals surface area contributed by atoms with Gasteiger partial charge >= 0.3 is 0 Å². The van der Waals surface area contributed by atoms with Gasteiger partial charge in [-0.2, -0.15) is 0 Å². The van der Waals surface area contributed by atoms with E-state index in [4.69, 9.17) is 0 Å². The second kappa shape index (κ2) is 8.68. The summed E-state index contributed by atoms with van der Waals surface area (Å²) < 4.78 is 13.2. The summed E-state index contributed by atoms with van der Waals surface area (Å²) in [5.74, 6) is -0.318. The van der Waals surface area contributed by atoms with Crippen LogP contribution in [0.3, 0.4) is 0 Å². The van der Waals surface area contributed by atoms with Crippen molar-refractivity contribution in [2.45, 2.75) is 25.4 Å². The maximum Gasteiger partial charge on any atom is 0.282 e. The predicted octanol–water partition coefficient (Wildman–Crippen LogP) is 3.04. The molecule has 32 heavy (non-hydrogen) atoms. The van der Waals surface area contributed by atoms with Crippen LogP contribution in [-0.4, -0.2) is 69.8 Å². The summed E-state index contributed by atoms with van der Waals surface area (Å²) in [4.78, 5) is 38.3. The molecule has 1 atom stereocenters. The lowest BCUT2D eigenvalue weighted by atomic mass is 10.1. The van der Waals surface area contributed by atoms with E-state index in [1.54, 1.807) is 18.3 Å². The number of aromatic nitrogens is 2. The molecule has 0 bridgehead atoms. The predicted molar refractivity (Wildman–Crippen MR) is 121 cm³/mol. The van der Waals surface area contributed by atoms with Crippen LogP contribution in [-0.2, 0) is 0 Å². The fourth-order valence-electron chi connectivity index (χ4n) is 4.08. The monoisotopic (exact) mass is 471 g/mol. The summed E-state index contributed by atoms with van der Waals surface area (Å²) in [7, 11) is 0. The van der Waals surface area contributed by atoms with Crippen molar-refractivity contribution in [2.75, 3.05) is 26.2 Å². The minimum atomic E-state index is -0.296. The highest BCUT2D eigenvalue weighted by Gasteiger charge is 2.36. The van der Waals surface area contributed by atoms with Crippen LogP contribution in [0.15, 0.2) is 35.8 Å². The molecule has 0 radical (unpaired) electrons. The second-order valence-electron chi connectivity index (χ2n) is 8.09. The van der Waals surface area contributed by atoms with Crippen molar-refractivity contribution in [1.29, 1.82) is 0 Å². The first-order valence-corrected chi connectivity index (χ1v) is 12.1. The Bertz CT molecular complexity index is 1130. The third-order valence-electron chi connectivity index (χ3n) is 5.81. The van der Waals surface area contributed by atoms with E-state index in [2.05, 4.69) is 15.3 Å². The molecule has 3 aromatic rings. The fraction of sp³-hybridized carbons (Fsp3) is 0.364. The zero-order chi connectivity index (χ0) is 22.2. The first-order valence-electron chi connectivity index (χ1n) is 10.5. The van der Waals surface area contributed by atoms with Gasteiger partial charge in [0.05, 0.1) is 5.69 Å². The van der Waals surface area contributed by atoms with Gasteiger partial charge in [-0.25, -0.2) is 14.4 Å². The van der Waals surface area contributed by atoms with Crippen LogP contribution in [0.1, 0.15) is 31.6 Å². The summed E-state index contributed by atoms with van der Waals surface area (Å²) in [5, 5.41) is 6.64. The number of hydrogen-bond acceptors (Lipinski definition) is 7. The van der Waals surface area contributed by atoms with Gasteiger partial charge < -0.3 is 15.1 Å². The molecule has 0 aliphatic carbocycles. The Morgan fingerprint density at radius 1 is 1.09 bits per heavy atom. The van der Waals surface area contributed by atoms with Crippen molar-refractivity contribution < 1.29 is 14.0 Å². The van der Waals surface area contributed by atoms with Crippen LogP contribution in [0.5, 0.6) is 0 Å². The lowest BCUT2D eigenvalue weighted by Crippen LogP contribution is -2.62. The summed E-state index contributed by atoms with van der Waals surface area (Å²) in [6.07, 6.45) is 2.55. The maximum atomic E-state index is 13.2. The van der Waals surface area contributed by atoms with Crippen LogP contribution in [0.2, 0.25) is 0 Å². The Labute approximate surface area is 192 Å². The first-order chi connectivity index (χ1) is 15.5. The van der Waals surface area contributed by atoms with E-state index in [1.807, 2.05) is 22.1 Å². The molecule has 2 aliphatic heterocycles. The molecule has 4 heterocycles. The molecule has 2 fully saturated rings. The van der Waals surface area contributed by atoms with Gasteiger partial charge in [0.2, 0.25) is 0 Å². The number of amides is 2. The highest BCUT2D eigenvalue weighted by atomic mass is 32.1. The number of thiazole rings is 2. The van der Waals surface area contributed by atoms with E-state index in [0.29, 0.717) is 35.2 Å². The van der Waals surface area contributed by atoms with Crippen molar-refractivity contribution >= 4 is 34.5 Å². The Hall–Kier alpha value is -2.69. The number of likely N-dealkylation sites (tertiary alicyclic amines) is 2. The highest BCUT2D eigenvalue weighted by molar-refractivity contribution is 7.17. The average Bonchev–Trinajstić information content (AvgIpc) is 3.51. The molecule has 2 amide bonds. The molecule has 0 saturated carbocycles. The highest BCUT2D eigenvalue weighted by Crippen LogP contribution is 2.30. The number of benzene rings is 1. The molecule has 1 aromatic carbocycles. The zero-order valence-corrected chi connectivity index (χ0v) is 19.1. The van der Waals surface area contributed by atoms with Gasteiger partial charge in [0.25, 0.3) is 11.8 Å². The normalized spacial score (nSPS) is 18.8. The Kier molecular flexibility index (Phi) is 5.75. The summed E-state index contributed by atoms with van der Waals surface area (Å²) in [5.41, 5.74) is 1.50. The van der Waals surface area contributed by atoms with Crippen LogP contribution in [0.4, 0.5) is 4.39 Å². The van der Waals surface area contributed by atoms with Gasteiger partial charge in [0.1, 0.15) is 15.7 Å². The Morgan fingerprint density at radius 2 is 1.84 bits per heavy atom. The molecule has 1 N–H and O–H groups in total. The maximum absolute atomic E-state index is 13.2. The van der Waals surface area contributed by atoms with Crippen molar-refractivity contribution in [3.05, 3.63) is 57.2 Å². The van der Waals surface area contributed by atoms with Crippen LogP contribution < -0.4 is 5.32 Å². The minimum absolute atomic E-state index is 0.00709. The van der Waals surface area contributed by atoms with Crippen LogP contribution in [0.25, 0.3) is 10.6 Å². The molecule has 7 nitrogen and oxygen atoms in total. The van der Waals surface area contributed by atoms with Gasteiger partial charge in [-0.3, -0.25) is 9.59 Å². The van der Waals surface area contributed by atoms with Crippen molar-refractivity contribution in [2.24, 2.45) is 0 Å². The zero-order valence-electron chi connectivity index (χ0n) is 17.5. The van der Waals surface area contributed by atoms with Gasteiger partial charge in [-0.1, -0.05) is 0 Å². The molecule has 10 heteroatoms. The van der Waals surface area contributed by atoms with Gasteiger partial charge in [-0.15, -0.1) is 22.7 Å². The summed E-state index contributed by atoms with van der Waals surface area (Å²) >= 11 is 2.71. The van der Waals surface area contributed by atoms with E-state index in [0.717, 1.165) is 23.5 Å². The fourth-order valence-corrected chi connectivity index (χ4v) is 5.72. The van der Waals surface area contributed by atoms with Gasteiger partial charge in [0.15, 0.2) is 5.01 Å². The number of halogens is 1. The number of nitrogens with one attached hydrogen (secondary N) is 1. The summed E-state index contributed by atoms with van der Waals surface area (Å²) in [6, 6.07) is 6.60.